The minimum atomic E-state index is 0. The topological polar surface area (TPSA) is 0 Å². The Balaban J connectivity index is -0.000000105. The van der Waals surface area contributed by atoms with Gasteiger partial charge >= 0.3 is 0 Å². The molecule has 4 aliphatic rings. The van der Waals surface area contributed by atoms with Gasteiger partial charge < -0.3 is 14.9 Å². The van der Waals surface area contributed by atoms with Crippen molar-refractivity contribution in [2.45, 2.75) is 0 Å². The van der Waals surface area contributed by atoms with Crippen LogP contribution in [0.15, 0.2) is 0 Å². The Morgan fingerprint density at radius 2 is 0.208 bits per heavy atom. The van der Waals surface area contributed by atoms with Crippen LogP contribution in [-0.4, -0.2) is 0 Å². The predicted molar refractivity (Wildman–Crippen MR) is 98.8 cm³/mol. The van der Waals surface area contributed by atoms with E-state index in [1.54, 1.807) is 0 Å². The first-order valence-corrected chi connectivity index (χ1v) is 6.67. The average Bonchev–Trinajstić information content (AvgIpc) is 3.40. The van der Waals surface area contributed by atoms with Crippen molar-refractivity contribution in [1.29, 1.82) is 0 Å². The average molecular weight is 615 g/mol. The minimum absolute atomic E-state index is 0. The molecule has 4 saturated carbocycles. The molecule has 136 valence electrons. The van der Waals surface area contributed by atoms with E-state index in [-0.39, 0.29) is 91.2 Å². The zero-order valence-electron chi connectivity index (χ0n) is 14.2. The molecule has 0 saturated heterocycles. The van der Waals surface area contributed by atoms with Crippen LogP contribution in [0.3, 0.4) is 0 Å². The van der Waals surface area contributed by atoms with Gasteiger partial charge in [-0.15, -0.1) is 0 Å². The van der Waals surface area contributed by atoms with Gasteiger partial charge in [-0.05, 0) is 128 Å². The largest absolute Gasteiger partial charge is 0.358 e. The van der Waals surface area contributed by atoms with Crippen LogP contribution in [0, 0.1) is 220 Å². The predicted octanol–water partition coefficient (Wildman–Crippen LogP) is 4.99. The number of hydrogen-bond acceptors (Lipinski definition) is 0. The minimum Gasteiger partial charge on any atom is -0.358 e. The Kier molecular flexibility index (Phi) is 43.0. The third-order valence-electron chi connectivity index (χ3n) is 2.22. The Labute approximate surface area is 216 Å². The van der Waals surface area contributed by atoms with Gasteiger partial charge in [-0.2, -0.15) is 0 Å². The molecule has 4 aliphatic carbocycles. The molecule has 0 aromatic rings. The van der Waals surface area contributed by atoms with Gasteiger partial charge in [-0.1, -0.05) is 0 Å². The smallest absolute Gasteiger partial charge is 0 e. The standard InChI is InChI=1S/4C5H5.2CH3.2Dy/c4*1-2-4-5-3-1;;;;/h4*1-5H;2*1H3;;/q;;;;2*-1;;. The van der Waals surface area contributed by atoms with Crippen LogP contribution < -0.4 is 0 Å². The van der Waals surface area contributed by atoms with E-state index in [0.29, 0.717) is 0 Å². The summed E-state index contributed by atoms with van der Waals surface area (Å²) in [7, 11) is 0. The summed E-state index contributed by atoms with van der Waals surface area (Å²) in [5.41, 5.74) is 0. The summed E-state index contributed by atoms with van der Waals surface area (Å²) in [5, 5.41) is 0. The van der Waals surface area contributed by atoms with Gasteiger partial charge in [0, 0.05) is 76.3 Å². The summed E-state index contributed by atoms with van der Waals surface area (Å²) < 4.78 is 0. The molecular weight excluding hydrogens is 589 g/mol. The van der Waals surface area contributed by atoms with Gasteiger partial charge in [0.1, 0.15) is 0 Å². The molecule has 4 fully saturated rings. The zero-order valence-corrected chi connectivity index (χ0v) is 18.2. The summed E-state index contributed by atoms with van der Waals surface area (Å²) in [4.78, 5) is 0. The number of hydrogen-bond donors (Lipinski definition) is 0. The van der Waals surface area contributed by atoms with E-state index in [1.807, 2.05) is 128 Å². The Morgan fingerprint density at radius 3 is 0.250 bits per heavy atom. The van der Waals surface area contributed by atoms with Crippen LogP contribution in [0.25, 0.3) is 0 Å². The van der Waals surface area contributed by atoms with Gasteiger partial charge in [0.25, 0.3) is 0 Å². The van der Waals surface area contributed by atoms with Crippen LogP contribution in [0.2, 0.25) is 0 Å². The van der Waals surface area contributed by atoms with Gasteiger partial charge in [0.2, 0.25) is 0 Å². The molecule has 0 unspecified atom stereocenters. The van der Waals surface area contributed by atoms with Crippen LogP contribution in [0.1, 0.15) is 0 Å². The van der Waals surface area contributed by atoms with E-state index in [2.05, 4.69) is 0 Å². The molecule has 0 atom stereocenters. The molecule has 24 heavy (non-hydrogen) atoms. The van der Waals surface area contributed by atoms with Crippen LogP contribution in [-0.2, 0) is 0 Å². The second-order valence-corrected chi connectivity index (χ2v) is 3.85. The van der Waals surface area contributed by atoms with Crippen molar-refractivity contribution in [2.75, 3.05) is 0 Å². The molecule has 2 heteroatoms. The monoisotopic (exact) mass is 618 g/mol. The fraction of sp³-hybridized carbons (Fsp3) is 0. The van der Waals surface area contributed by atoms with Crippen molar-refractivity contribution in [3.05, 3.63) is 143 Å². The second-order valence-electron chi connectivity index (χ2n) is 3.85. The molecule has 0 nitrogen and oxygen atoms in total. The van der Waals surface area contributed by atoms with Gasteiger partial charge in [-0.25, -0.2) is 0 Å². The van der Waals surface area contributed by atoms with E-state index in [1.165, 1.54) is 0 Å². The summed E-state index contributed by atoms with van der Waals surface area (Å²) in [6.45, 7) is 0. The SMILES string of the molecule is [CH3-].[CH3-].[CH]1[CH][CH][CH][CH]1.[CH]1[CH][CH][CH][CH]1.[CH]1[CH][CH][CH][CH]1.[CH]1[CH][CH][CH][CH]1.[Dy].[Dy]. The van der Waals surface area contributed by atoms with Crippen molar-refractivity contribution in [1.82, 2.24) is 0 Å². The Bertz CT molecular complexity index is 96.4. The molecular formula is C22H26Dy2-2. The molecule has 0 aromatic carbocycles. The molecule has 0 amide bonds. The molecule has 0 aliphatic heterocycles. The zero-order chi connectivity index (χ0) is 14.1. The first kappa shape index (κ1) is 34.1. The van der Waals surface area contributed by atoms with Crippen molar-refractivity contribution >= 4 is 0 Å². The maximum absolute atomic E-state index is 2.00. The van der Waals surface area contributed by atoms with E-state index in [9.17, 15) is 0 Å². The normalized spacial score (nSPS) is 20.0. The van der Waals surface area contributed by atoms with Crippen LogP contribution >= 0.6 is 0 Å². The molecule has 0 bridgehead atoms. The molecule has 0 spiro atoms. The first-order chi connectivity index (χ1) is 10.0. The van der Waals surface area contributed by atoms with Crippen LogP contribution in [0.5, 0.6) is 0 Å². The van der Waals surface area contributed by atoms with E-state index < -0.39 is 0 Å². The molecule has 0 heterocycles. The van der Waals surface area contributed by atoms with Gasteiger partial charge in [-0.3, -0.25) is 0 Å². The van der Waals surface area contributed by atoms with E-state index >= 15 is 0 Å². The van der Waals surface area contributed by atoms with E-state index in [0.717, 1.165) is 0 Å². The molecule has 20 radical (unpaired) electrons. The third kappa shape index (κ3) is 26.8. The fourth-order valence-corrected chi connectivity index (χ4v) is 1.28. The maximum Gasteiger partial charge on any atom is 0 e. The third-order valence-corrected chi connectivity index (χ3v) is 2.22. The van der Waals surface area contributed by atoms with Gasteiger partial charge in [0.05, 0.1) is 0 Å². The molecule has 0 aromatic heterocycles. The van der Waals surface area contributed by atoms with Crippen molar-refractivity contribution < 1.29 is 76.3 Å². The second kappa shape index (κ2) is 30.3. The van der Waals surface area contributed by atoms with Crippen LogP contribution in [0.4, 0.5) is 0 Å². The molecule has 4 rings (SSSR count). The Hall–Kier alpha value is 2.55. The van der Waals surface area contributed by atoms with Crippen molar-refractivity contribution in [3.8, 4) is 0 Å². The summed E-state index contributed by atoms with van der Waals surface area (Å²) in [5.74, 6) is 0. The maximum atomic E-state index is 2.00. The summed E-state index contributed by atoms with van der Waals surface area (Å²) >= 11 is 0. The summed E-state index contributed by atoms with van der Waals surface area (Å²) in [6.07, 6.45) is 40.0. The quantitative estimate of drug-likeness (QED) is 0.338. The van der Waals surface area contributed by atoms with E-state index in [4.69, 9.17) is 0 Å². The first-order valence-electron chi connectivity index (χ1n) is 6.67. The fourth-order valence-electron chi connectivity index (χ4n) is 1.28. The number of rotatable bonds is 0. The molecule has 0 N–H and O–H groups in total. The van der Waals surface area contributed by atoms with Gasteiger partial charge in [0.15, 0.2) is 0 Å². The summed E-state index contributed by atoms with van der Waals surface area (Å²) in [6, 6.07) is 0. The Morgan fingerprint density at radius 1 is 0.167 bits per heavy atom. The van der Waals surface area contributed by atoms with Crippen molar-refractivity contribution in [3.63, 3.8) is 0 Å². The van der Waals surface area contributed by atoms with Crippen molar-refractivity contribution in [2.24, 2.45) is 0 Å².